The first kappa shape index (κ1) is 18.4. The summed E-state index contributed by atoms with van der Waals surface area (Å²) in [7, 11) is 1.55. The van der Waals surface area contributed by atoms with Crippen LogP contribution < -0.4 is 10.9 Å². The quantitative estimate of drug-likeness (QED) is 0.745. The highest BCUT2D eigenvalue weighted by Gasteiger charge is 2.21. The lowest BCUT2D eigenvalue weighted by molar-refractivity contribution is -0.116. The van der Waals surface area contributed by atoms with Crippen LogP contribution in [0, 0.1) is 6.92 Å². The van der Waals surface area contributed by atoms with Gasteiger partial charge in [0.25, 0.3) is 11.5 Å². The Morgan fingerprint density at radius 3 is 2.33 bits per heavy atom. The lowest BCUT2D eigenvalue weighted by atomic mass is 10.0. The Bertz CT molecular complexity index is 1110. The van der Waals surface area contributed by atoms with E-state index in [4.69, 9.17) is 0 Å². The van der Waals surface area contributed by atoms with Crippen LogP contribution in [0.1, 0.15) is 22.8 Å². The minimum absolute atomic E-state index is 0.203. The second-order valence-electron chi connectivity index (χ2n) is 6.57. The number of carbonyl (C=O) groups excluding carboxylic acids is 2. The van der Waals surface area contributed by atoms with Crippen molar-refractivity contribution in [2.45, 2.75) is 13.8 Å². The van der Waals surface area contributed by atoms with E-state index in [1.807, 2.05) is 37.3 Å². The fourth-order valence-corrected chi connectivity index (χ4v) is 2.95. The summed E-state index contributed by atoms with van der Waals surface area (Å²) >= 11 is 0. The lowest BCUT2D eigenvalue weighted by Crippen LogP contribution is -2.34. The van der Waals surface area contributed by atoms with Gasteiger partial charge in [0.15, 0.2) is 0 Å². The highest BCUT2D eigenvalue weighted by molar-refractivity contribution is 6.03. The van der Waals surface area contributed by atoms with Gasteiger partial charge in [0.1, 0.15) is 17.1 Å². The third-order valence-corrected chi connectivity index (χ3v) is 4.48. The van der Waals surface area contributed by atoms with Crippen molar-refractivity contribution in [3.8, 4) is 16.9 Å². The molecule has 0 aliphatic heterocycles. The van der Waals surface area contributed by atoms with E-state index in [0.29, 0.717) is 10.9 Å². The van der Waals surface area contributed by atoms with Crippen molar-refractivity contribution in [3.63, 3.8) is 0 Å². The van der Waals surface area contributed by atoms with Crippen LogP contribution >= 0.6 is 0 Å². The molecule has 2 aromatic carbocycles. The molecule has 27 heavy (non-hydrogen) atoms. The number of aromatic hydroxyl groups is 1. The zero-order valence-electron chi connectivity index (χ0n) is 15.4. The van der Waals surface area contributed by atoms with Crippen molar-refractivity contribution in [3.05, 3.63) is 63.9 Å². The number of hydrogen-bond donors (Lipinski definition) is 2. The van der Waals surface area contributed by atoms with Gasteiger partial charge in [0.2, 0.25) is 0 Å². The topological polar surface area (TPSA) is 88.4 Å². The molecule has 1 aromatic heterocycles. The monoisotopic (exact) mass is 364 g/mol. The molecule has 0 fully saturated rings. The van der Waals surface area contributed by atoms with Gasteiger partial charge in [-0.2, -0.15) is 0 Å². The third-order valence-electron chi connectivity index (χ3n) is 4.48. The summed E-state index contributed by atoms with van der Waals surface area (Å²) in [4.78, 5) is 36.0. The first-order chi connectivity index (χ1) is 12.8. The number of ketones is 1. The molecular formula is C21H20N2O4. The van der Waals surface area contributed by atoms with Crippen molar-refractivity contribution in [2.24, 2.45) is 7.05 Å². The second kappa shape index (κ2) is 7.07. The molecule has 0 atom stereocenters. The van der Waals surface area contributed by atoms with Crippen LogP contribution in [0.3, 0.4) is 0 Å². The van der Waals surface area contributed by atoms with E-state index >= 15 is 0 Å². The molecule has 0 bridgehead atoms. The van der Waals surface area contributed by atoms with Crippen LogP contribution in [-0.4, -0.2) is 27.9 Å². The van der Waals surface area contributed by atoms with Gasteiger partial charge < -0.3 is 15.0 Å². The Labute approximate surface area is 156 Å². The third kappa shape index (κ3) is 3.46. The number of Topliss-reactive ketones (excluding diaryl/α,β-unsaturated/α-hetero) is 1. The fourth-order valence-electron chi connectivity index (χ4n) is 2.95. The minimum atomic E-state index is -0.771. The van der Waals surface area contributed by atoms with Crippen LogP contribution in [0.25, 0.3) is 22.0 Å². The van der Waals surface area contributed by atoms with Gasteiger partial charge in [-0.05, 0) is 37.1 Å². The average molecular weight is 364 g/mol. The normalized spacial score (nSPS) is 10.8. The van der Waals surface area contributed by atoms with Gasteiger partial charge >= 0.3 is 0 Å². The van der Waals surface area contributed by atoms with Crippen molar-refractivity contribution in [1.29, 1.82) is 0 Å². The average Bonchev–Trinajstić information content (AvgIpc) is 2.65. The van der Waals surface area contributed by atoms with Crippen LogP contribution in [0.4, 0.5) is 0 Å². The van der Waals surface area contributed by atoms with Crippen LogP contribution in [-0.2, 0) is 11.8 Å². The molecule has 3 rings (SSSR count). The molecule has 0 saturated heterocycles. The number of fused-ring (bicyclic) bond motifs is 1. The predicted octanol–water partition coefficient (Wildman–Crippen LogP) is 2.54. The first-order valence-corrected chi connectivity index (χ1v) is 8.50. The number of amides is 1. The molecule has 0 unspecified atom stereocenters. The molecule has 0 spiro atoms. The number of benzene rings is 2. The lowest BCUT2D eigenvalue weighted by Gasteiger charge is -2.13. The molecule has 6 heteroatoms. The molecule has 0 saturated carbocycles. The number of pyridine rings is 1. The number of carbonyl (C=O) groups is 2. The minimum Gasteiger partial charge on any atom is -0.506 e. The van der Waals surface area contributed by atoms with Crippen molar-refractivity contribution < 1.29 is 14.7 Å². The summed E-state index contributed by atoms with van der Waals surface area (Å²) in [6.45, 7) is 3.13. The molecule has 1 amide bonds. The van der Waals surface area contributed by atoms with Crippen LogP contribution in [0.2, 0.25) is 0 Å². The summed E-state index contributed by atoms with van der Waals surface area (Å²) in [6.07, 6.45) is 0. The summed E-state index contributed by atoms with van der Waals surface area (Å²) in [5.41, 5.74) is 2.55. The van der Waals surface area contributed by atoms with Gasteiger partial charge in [-0.3, -0.25) is 14.4 Å². The maximum Gasteiger partial charge on any atom is 0.267 e. The van der Waals surface area contributed by atoms with E-state index in [1.165, 1.54) is 11.5 Å². The molecular weight excluding hydrogens is 344 g/mol. The highest BCUT2D eigenvalue weighted by atomic mass is 16.3. The van der Waals surface area contributed by atoms with Crippen LogP contribution in [0.15, 0.2) is 47.3 Å². The van der Waals surface area contributed by atoms with E-state index < -0.39 is 11.5 Å². The standard InChI is InChI=1S/C21H20N2O4/c1-12-4-6-14(7-5-12)15-8-9-16-17(10-15)23(3)21(27)18(19(16)25)20(26)22-11-13(2)24/h4-10,25H,11H2,1-3H3,(H,22,26). The number of rotatable bonds is 4. The van der Waals surface area contributed by atoms with Gasteiger partial charge in [-0.25, -0.2) is 0 Å². The fraction of sp³-hybridized carbons (Fsp3) is 0.190. The maximum absolute atomic E-state index is 12.6. The molecule has 0 radical (unpaired) electrons. The largest absolute Gasteiger partial charge is 0.506 e. The van der Waals surface area contributed by atoms with Gasteiger partial charge in [0, 0.05) is 12.4 Å². The SMILES string of the molecule is CC(=O)CNC(=O)c1c(O)c2ccc(-c3ccc(C)cc3)cc2n(C)c1=O. The molecule has 0 aliphatic carbocycles. The van der Waals surface area contributed by atoms with Crippen molar-refractivity contribution in [1.82, 2.24) is 9.88 Å². The van der Waals surface area contributed by atoms with Crippen molar-refractivity contribution >= 4 is 22.6 Å². The molecule has 6 nitrogen and oxygen atoms in total. The van der Waals surface area contributed by atoms with E-state index in [-0.39, 0.29) is 23.6 Å². The molecule has 138 valence electrons. The van der Waals surface area contributed by atoms with E-state index in [9.17, 15) is 19.5 Å². The van der Waals surface area contributed by atoms with Crippen molar-refractivity contribution in [2.75, 3.05) is 6.54 Å². The Balaban J connectivity index is 2.14. The number of aryl methyl sites for hydroxylation is 2. The Kier molecular flexibility index (Phi) is 4.81. The number of aromatic nitrogens is 1. The first-order valence-electron chi connectivity index (χ1n) is 8.50. The second-order valence-corrected chi connectivity index (χ2v) is 6.57. The number of nitrogens with zero attached hydrogens (tertiary/aromatic N) is 1. The predicted molar refractivity (Wildman–Crippen MR) is 104 cm³/mol. The highest BCUT2D eigenvalue weighted by Crippen LogP contribution is 2.30. The molecule has 1 heterocycles. The van der Waals surface area contributed by atoms with Crippen LogP contribution in [0.5, 0.6) is 5.75 Å². The molecule has 2 N–H and O–H groups in total. The molecule has 0 aliphatic rings. The maximum atomic E-state index is 12.6. The summed E-state index contributed by atoms with van der Waals surface area (Å²) < 4.78 is 1.33. The van der Waals surface area contributed by atoms with E-state index in [2.05, 4.69) is 5.32 Å². The number of hydrogen-bond acceptors (Lipinski definition) is 4. The smallest absolute Gasteiger partial charge is 0.267 e. The molecule has 3 aromatic rings. The zero-order valence-corrected chi connectivity index (χ0v) is 15.4. The zero-order chi connectivity index (χ0) is 19.7. The van der Waals surface area contributed by atoms with Gasteiger partial charge in [0.05, 0.1) is 12.1 Å². The Hall–Kier alpha value is -3.41. The van der Waals surface area contributed by atoms with Gasteiger partial charge in [-0.15, -0.1) is 0 Å². The summed E-state index contributed by atoms with van der Waals surface area (Å²) in [5.74, 6) is -1.40. The summed E-state index contributed by atoms with van der Waals surface area (Å²) in [6, 6.07) is 13.3. The van der Waals surface area contributed by atoms with E-state index in [0.717, 1.165) is 16.7 Å². The summed E-state index contributed by atoms with van der Waals surface area (Å²) in [5, 5.41) is 13.3. The Morgan fingerprint density at radius 2 is 1.70 bits per heavy atom. The Morgan fingerprint density at radius 1 is 1.07 bits per heavy atom. The number of nitrogens with one attached hydrogen (secondary N) is 1. The van der Waals surface area contributed by atoms with Gasteiger partial charge in [-0.1, -0.05) is 35.9 Å². The van der Waals surface area contributed by atoms with E-state index in [1.54, 1.807) is 19.2 Å².